The molecule has 0 spiro atoms. The molecule has 0 bridgehead atoms. The van der Waals surface area contributed by atoms with Gasteiger partial charge in [-0.25, -0.2) is 14.6 Å². The van der Waals surface area contributed by atoms with Crippen LogP contribution in [0.4, 0.5) is 5.69 Å². The van der Waals surface area contributed by atoms with E-state index in [9.17, 15) is 0 Å². The summed E-state index contributed by atoms with van der Waals surface area (Å²) < 4.78 is 9.69. The van der Waals surface area contributed by atoms with Gasteiger partial charge in [0.2, 0.25) is 0 Å². The minimum absolute atomic E-state index is 0.721. The van der Waals surface area contributed by atoms with Crippen LogP contribution in [0.5, 0.6) is 0 Å². The van der Waals surface area contributed by atoms with Gasteiger partial charge in [0.1, 0.15) is 11.3 Å². The number of rotatable bonds is 6. The van der Waals surface area contributed by atoms with Gasteiger partial charge in [0, 0.05) is 44.0 Å². The SMILES string of the molecule is Cc1cccc(-c2ccn(-c3cc(N4CCOCC4)c4nc(C)n(CCN(C)C)c4n3)n2)c1. The van der Waals surface area contributed by atoms with E-state index in [0.29, 0.717) is 0 Å². The van der Waals surface area contributed by atoms with Gasteiger partial charge in [-0.05, 0) is 40.1 Å². The first-order valence-corrected chi connectivity index (χ1v) is 11.5. The molecule has 172 valence electrons. The van der Waals surface area contributed by atoms with Crippen molar-refractivity contribution in [2.24, 2.45) is 0 Å². The van der Waals surface area contributed by atoms with Gasteiger partial charge in [0.15, 0.2) is 11.5 Å². The number of nitrogens with zero attached hydrogens (tertiary/aromatic N) is 7. The second-order valence-corrected chi connectivity index (χ2v) is 8.90. The number of imidazole rings is 1. The summed E-state index contributed by atoms with van der Waals surface area (Å²) >= 11 is 0. The van der Waals surface area contributed by atoms with Crippen molar-refractivity contribution in [3.63, 3.8) is 0 Å². The molecule has 0 atom stereocenters. The Morgan fingerprint density at radius 3 is 2.61 bits per heavy atom. The molecule has 1 aliphatic heterocycles. The number of benzene rings is 1. The molecule has 0 aliphatic carbocycles. The maximum absolute atomic E-state index is 5.60. The van der Waals surface area contributed by atoms with Crippen LogP contribution in [0.15, 0.2) is 42.6 Å². The second-order valence-electron chi connectivity index (χ2n) is 8.90. The molecular weight excluding hydrogens is 414 g/mol. The molecule has 0 amide bonds. The fourth-order valence-electron chi connectivity index (χ4n) is 4.31. The molecule has 3 aromatic heterocycles. The Balaban J connectivity index is 1.62. The normalized spacial score (nSPS) is 14.5. The van der Waals surface area contributed by atoms with Crippen molar-refractivity contribution in [2.45, 2.75) is 20.4 Å². The van der Waals surface area contributed by atoms with Gasteiger partial charge < -0.3 is 19.1 Å². The first-order valence-electron chi connectivity index (χ1n) is 11.5. The summed E-state index contributed by atoms with van der Waals surface area (Å²) in [7, 11) is 4.17. The van der Waals surface area contributed by atoms with Gasteiger partial charge in [-0.2, -0.15) is 5.10 Å². The number of anilines is 1. The van der Waals surface area contributed by atoms with Crippen molar-refractivity contribution < 1.29 is 4.74 Å². The summed E-state index contributed by atoms with van der Waals surface area (Å²) in [5.74, 6) is 1.78. The van der Waals surface area contributed by atoms with Crippen LogP contribution in [-0.2, 0) is 11.3 Å². The number of likely N-dealkylation sites (N-methyl/N-ethyl adjacent to an activating group) is 1. The molecule has 33 heavy (non-hydrogen) atoms. The predicted molar refractivity (Wildman–Crippen MR) is 131 cm³/mol. The minimum Gasteiger partial charge on any atom is -0.378 e. The highest BCUT2D eigenvalue weighted by Gasteiger charge is 2.21. The number of pyridine rings is 1. The molecule has 0 unspecified atom stereocenters. The van der Waals surface area contributed by atoms with Gasteiger partial charge >= 0.3 is 0 Å². The Bertz CT molecular complexity index is 1270. The topological polar surface area (TPSA) is 64.2 Å². The van der Waals surface area contributed by atoms with Crippen LogP contribution < -0.4 is 4.90 Å². The van der Waals surface area contributed by atoms with Crippen molar-refractivity contribution in [3.05, 3.63) is 54.0 Å². The summed E-state index contributed by atoms with van der Waals surface area (Å²) in [5.41, 5.74) is 6.21. The maximum Gasteiger partial charge on any atom is 0.164 e. The van der Waals surface area contributed by atoms with Crippen molar-refractivity contribution >= 4 is 16.9 Å². The Morgan fingerprint density at radius 2 is 1.85 bits per heavy atom. The van der Waals surface area contributed by atoms with Crippen LogP contribution >= 0.6 is 0 Å². The zero-order valence-corrected chi connectivity index (χ0v) is 19.8. The maximum atomic E-state index is 5.60. The van der Waals surface area contributed by atoms with E-state index in [0.717, 1.165) is 79.1 Å². The third-order valence-electron chi connectivity index (χ3n) is 6.12. The van der Waals surface area contributed by atoms with Gasteiger partial charge in [0.05, 0.1) is 24.6 Å². The Kier molecular flexibility index (Phi) is 5.86. The first-order chi connectivity index (χ1) is 16.0. The van der Waals surface area contributed by atoms with E-state index in [1.54, 1.807) is 0 Å². The molecule has 0 saturated carbocycles. The summed E-state index contributed by atoms with van der Waals surface area (Å²) in [6.45, 7) is 9.04. The molecule has 1 aromatic carbocycles. The lowest BCUT2D eigenvalue weighted by Gasteiger charge is -2.29. The molecule has 0 radical (unpaired) electrons. The number of aromatic nitrogens is 5. The number of hydrogen-bond donors (Lipinski definition) is 0. The van der Waals surface area contributed by atoms with E-state index < -0.39 is 0 Å². The Labute approximate surface area is 194 Å². The third kappa shape index (κ3) is 4.36. The van der Waals surface area contributed by atoms with Crippen molar-refractivity contribution in [3.8, 4) is 17.1 Å². The molecule has 4 aromatic rings. The van der Waals surface area contributed by atoms with Crippen LogP contribution in [0.2, 0.25) is 0 Å². The number of hydrogen-bond acceptors (Lipinski definition) is 6. The summed E-state index contributed by atoms with van der Waals surface area (Å²) in [6.07, 6.45) is 1.99. The smallest absolute Gasteiger partial charge is 0.164 e. The van der Waals surface area contributed by atoms with Crippen LogP contribution in [0.25, 0.3) is 28.2 Å². The lowest BCUT2D eigenvalue weighted by atomic mass is 10.1. The highest BCUT2D eigenvalue weighted by atomic mass is 16.5. The number of aryl methyl sites for hydroxylation is 2. The van der Waals surface area contributed by atoms with Gasteiger partial charge in [0.25, 0.3) is 0 Å². The van der Waals surface area contributed by atoms with Gasteiger partial charge in [-0.15, -0.1) is 0 Å². The number of ether oxygens (including phenoxy) is 1. The van der Waals surface area contributed by atoms with Gasteiger partial charge in [-0.1, -0.05) is 23.8 Å². The van der Waals surface area contributed by atoms with E-state index in [1.165, 1.54) is 5.56 Å². The van der Waals surface area contributed by atoms with E-state index >= 15 is 0 Å². The molecule has 4 heterocycles. The average molecular weight is 446 g/mol. The molecule has 1 fully saturated rings. The van der Waals surface area contributed by atoms with Crippen molar-refractivity contribution in [2.75, 3.05) is 51.8 Å². The monoisotopic (exact) mass is 445 g/mol. The zero-order chi connectivity index (χ0) is 22.9. The summed E-state index contributed by atoms with van der Waals surface area (Å²) in [5, 5.41) is 4.87. The second kappa shape index (κ2) is 8.96. The highest BCUT2D eigenvalue weighted by Crippen LogP contribution is 2.30. The molecule has 8 nitrogen and oxygen atoms in total. The van der Waals surface area contributed by atoms with E-state index in [2.05, 4.69) is 72.6 Å². The first kappa shape index (κ1) is 21.6. The fourth-order valence-corrected chi connectivity index (χ4v) is 4.31. The quantitative estimate of drug-likeness (QED) is 0.454. The van der Waals surface area contributed by atoms with Crippen molar-refractivity contribution in [1.29, 1.82) is 0 Å². The zero-order valence-electron chi connectivity index (χ0n) is 19.8. The molecule has 1 saturated heterocycles. The van der Waals surface area contributed by atoms with Crippen LogP contribution in [0, 0.1) is 13.8 Å². The molecule has 0 N–H and O–H groups in total. The minimum atomic E-state index is 0.721. The van der Waals surface area contributed by atoms with E-state index in [-0.39, 0.29) is 0 Å². The summed E-state index contributed by atoms with van der Waals surface area (Å²) in [4.78, 5) is 14.5. The van der Waals surface area contributed by atoms with Crippen molar-refractivity contribution in [1.82, 2.24) is 29.2 Å². The van der Waals surface area contributed by atoms with Crippen LogP contribution in [-0.4, -0.2) is 76.2 Å². The number of morpholine rings is 1. The van der Waals surface area contributed by atoms with Gasteiger partial charge in [-0.3, -0.25) is 0 Å². The fraction of sp³-hybridized carbons (Fsp3) is 0.400. The van der Waals surface area contributed by atoms with E-state index in [4.69, 9.17) is 19.8 Å². The number of fused-ring (bicyclic) bond motifs is 1. The predicted octanol–water partition coefficient (Wildman–Crippen LogP) is 3.30. The average Bonchev–Trinajstić information content (AvgIpc) is 3.42. The lowest BCUT2D eigenvalue weighted by molar-refractivity contribution is 0.123. The van der Waals surface area contributed by atoms with E-state index in [1.807, 2.05) is 16.9 Å². The molecular formula is C25H31N7O. The lowest BCUT2D eigenvalue weighted by Crippen LogP contribution is -2.36. The molecule has 5 rings (SSSR count). The standard InChI is InChI=1S/C25H31N7O/c1-18-6-5-7-20(16-18)21-8-9-32(28-21)23-17-22(30-12-14-33-15-13-30)24-25(27-23)31(19(2)26-24)11-10-29(3)4/h5-9,16-17H,10-15H2,1-4H3. The Morgan fingerprint density at radius 1 is 1.03 bits per heavy atom. The summed E-state index contributed by atoms with van der Waals surface area (Å²) in [6, 6.07) is 12.6. The largest absolute Gasteiger partial charge is 0.378 e. The molecule has 8 heteroatoms. The third-order valence-corrected chi connectivity index (χ3v) is 6.12. The molecule has 1 aliphatic rings. The Hall–Kier alpha value is -3.23. The highest BCUT2D eigenvalue weighted by molar-refractivity contribution is 5.88. The van der Waals surface area contributed by atoms with Crippen LogP contribution in [0.3, 0.4) is 0 Å². The van der Waals surface area contributed by atoms with Crippen LogP contribution in [0.1, 0.15) is 11.4 Å².